The van der Waals surface area contributed by atoms with E-state index in [1.165, 1.54) is 3.97 Å². The van der Waals surface area contributed by atoms with Crippen molar-refractivity contribution in [1.82, 2.24) is 18.7 Å². The molecule has 0 amide bonds. The summed E-state index contributed by atoms with van der Waals surface area (Å²) in [4.78, 5) is 4.87. The summed E-state index contributed by atoms with van der Waals surface area (Å²) < 4.78 is 30.8. The van der Waals surface area contributed by atoms with Gasteiger partial charge < -0.3 is 0 Å². The highest BCUT2D eigenvalue weighted by atomic mass is 79.9. The number of aromatic nitrogens is 4. The molecule has 0 aliphatic carbocycles. The minimum absolute atomic E-state index is 0.0601. The lowest BCUT2D eigenvalue weighted by atomic mass is 10.2. The fraction of sp³-hybridized carbons (Fsp3) is 0.200. The third-order valence-electron chi connectivity index (χ3n) is 4.65. The first-order valence-corrected chi connectivity index (χ1v) is 11.1. The van der Waals surface area contributed by atoms with Gasteiger partial charge in [-0.25, -0.2) is 17.4 Å². The number of para-hydroxylation sites is 2. The van der Waals surface area contributed by atoms with Crippen LogP contribution in [0.5, 0.6) is 0 Å². The molecule has 0 saturated heterocycles. The molecule has 0 unspecified atom stereocenters. The van der Waals surface area contributed by atoms with Crippen LogP contribution in [0.3, 0.4) is 0 Å². The summed E-state index contributed by atoms with van der Waals surface area (Å²) in [6, 6.07) is 16.0. The zero-order valence-corrected chi connectivity index (χ0v) is 17.9. The fourth-order valence-corrected chi connectivity index (χ4v) is 4.98. The number of halogens is 1. The van der Waals surface area contributed by atoms with Crippen molar-refractivity contribution in [3.8, 4) is 0 Å². The van der Waals surface area contributed by atoms with E-state index in [0.717, 1.165) is 10.2 Å². The van der Waals surface area contributed by atoms with E-state index in [1.54, 1.807) is 35.0 Å². The number of benzene rings is 2. The molecular weight excluding hydrogens is 440 g/mol. The number of hydrogen-bond acceptors (Lipinski definition) is 4. The molecule has 6 nitrogen and oxygen atoms in total. The van der Waals surface area contributed by atoms with Crippen LogP contribution < -0.4 is 0 Å². The number of nitrogens with zero attached hydrogens (tertiary/aromatic N) is 4. The van der Waals surface area contributed by atoms with E-state index >= 15 is 0 Å². The third-order valence-corrected chi connectivity index (χ3v) is 6.83. The molecule has 0 spiro atoms. The maximum Gasteiger partial charge on any atom is 0.269 e. The van der Waals surface area contributed by atoms with E-state index in [0.29, 0.717) is 23.3 Å². The lowest BCUT2D eigenvalue weighted by molar-refractivity contribution is 0.475. The molecule has 2 aromatic carbocycles. The molecule has 4 aromatic rings. The van der Waals surface area contributed by atoms with Gasteiger partial charge in [0.1, 0.15) is 10.4 Å². The topological polar surface area (TPSA) is 69.8 Å². The Morgan fingerprint density at radius 2 is 1.79 bits per heavy atom. The Balaban J connectivity index is 1.84. The minimum Gasteiger partial charge on any atom is -0.268 e. The van der Waals surface area contributed by atoms with Crippen molar-refractivity contribution in [3.63, 3.8) is 0 Å². The minimum atomic E-state index is -3.78. The Bertz CT molecular complexity index is 1240. The van der Waals surface area contributed by atoms with E-state index in [2.05, 4.69) is 26.0 Å². The molecule has 2 heterocycles. The Morgan fingerprint density at radius 3 is 2.46 bits per heavy atom. The molecule has 144 valence electrons. The molecule has 0 aliphatic rings. The van der Waals surface area contributed by atoms with Crippen LogP contribution in [0, 0.1) is 6.92 Å². The zero-order valence-electron chi connectivity index (χ0n) is 15.4. The highest BCUT2D eigenvalue weighted by Crippen LogP contribution is 2.26. The number of fused-ring (bicyclic) bond motifs is 1. The third kappa shape index (κ3) is 3.38. The molecule has 2 aromatic heterocycles. The highest BCUT2D eigenvalue weighted by molar-refractivity contribution is 9.10. The summed E-state index contributed by atoms with van der Waals surface area (Å²) in [5.74, 6) is 0.487. The first-order chi connectivity index (χ1) is 13.4. The summed E-state index contributed by atoms with van der Waals surface area (Å²) in [5.41, 5.74) is 2.24. The molecular formula is C20H19BrN4O2S. The van der Waals surface area contributed by atoms with Crippen molar-refractivity contribution < 1.29 is 8.42 Å². The average Bonchev–Trinajstić information content (AvgIpc) is 3.25. The van der Waals surface area contributed by atoms with E-state index in [9.17, 15) is 8.42 Å². The highest BCUT2D eigenvalue weighted by Gasteiger charge is 2.25. The summed E-state index contributed by atoms with van der Waals surface area (Å²) in [6.45, 7) is 3.92. The van der Waals surface area contributed by atoms with Gasteiger partial charge in [0, 0.05) is 12.6 Å². The number of hydrogen-bond donors (Lipinski definition) is 0. The van der Waals surface area contributed by atoms with Gasteiger partial charge in [-0.3, -0.25) is 4.68 Å². The largest absolute Gasteiger partial charge is 0.269 e. The van der Waals surface area contributed by atoms with Gasteiger partial charge in [-0.05, 0) is 60.1 Å². The van der Waals surface area contributed by atoms with Crippen molar-refractivity contribution in [2.24, 2.45) is 0 Å². The van der Waals surface area contributed by atoms with Crippen molar-refractivity contribution >= 4 is 37.0 Å². The van der Waals surface area contributed by atoms with Crippen molar-refractivity contribution in [2.45, 2.75) is 31.2 Å². The molecule has 0 fully saturated rings. The van der Waals surface area contributed by atoms with Crippen molar-refractivity contribution in [1.29, 1.82) is 0 Å². The first kappa shape index (κ1) is 18.9. The molecule has 0 N–H and O–H groups in total. The van der Waals surface area contributed by atoms with E-state index < -0.39 is 10.0 Å². The quantitative estimate of drug-likeness (QED) is 0.445. The molecule has 0 saturated carbocycles. The smallest absolute Gasteiger partial charge is 0.268 e. The summed E-state index contributed by atoms with van der Waals surface area (Å²) in [7, 11) is -3.78. The normalized spacial score (nSPS) is 13.1. The molecule has 0 aliphatic heterocycles. The van der Waals surface area contributed by atoms with Gasteiger partial charge in [-0.2, -0.15) is 5.10 Å². The van der Waals surface area contributed by atoms with Gasteiger partial charge in [-0.15, -0.1) is 0 Å². The van der Waals surface area contributed by atoms with Gasteiger partial charge in [0.05, 0.1) is 22.0 Å². The summed E-state index contributed by atoms with van der Waals surface area (Å²) in [6.07, 6.45) is 2.28. The number of imidazole rings is 1. The van der Waals surface area contributed by atoms with Crippen LogP contribution in [-0.4, -0.2) is 27.2 Å². The Morgan fingerprint density at radius 1 is 1.07 bits per heavy atom. The fourth-order valence-electron chi connectivity index (χ4n) is 3.18. The average molecular weight is 459 g/mol. The number of rotatable bonds is 5. The zero-order chi connectivity index (χ0) is 19.9. The van der Waals surface area contributed by atoms with Gasteiger partial charge in [-0.1, -0.05) is 29.8 Å². The monoisotopic (exact) mass is 458 g/mol. The maximum absolute atomic E-state index is 13.5. The second-order valence-electron chi connectivity index (χ2n) is 6.77. The Kier molecular flexibility index (Phi) is 4.84. The molecule has 4 rings (SSSR count). The Hall–Kier alpha value is -2.45. The van der Waals surface area contributed by atoms with Crippen LogP contribution in [0.25, 0.3) is 11.0 Å². The molecule has 1 atom stereocenters. The second-order valence-corrected chi connectivity index (χ2v) is 9.37. The first-order valence-electron chi connectivity index (χ1n) is 8.85. The van der Waals surface area contributed by atoms with E-state index in [4.69, 9.17) is 0 Å². The van der Waals surface area contributed by atoms with Gasteiger partial charge in [0.25, 0.3) is 10.0 Å². The summed E-state index contributed by atoms with van der Waals surface area (Å²) >= 11 is 3.35. The van der Waals surface area contributed by atoms with E-state index in [1.807, 2.05) is 44.3 Å². The van der Waals surface area contributed by atoms with Gasteiger partial charge in [0.15, 0.2) is 0 Å². The van der Waals surface area contributed by atoms with Crippen LogP contribution >= 0.6 is 15.9 Å². The molecule has 8 heteroatoms. The van der Waals surface area contributed by atoms with Crippen LogP contribution in [0.1, 0.15) is 24.4 Å². The van der Waals surface area contributed by atoms with Gasteiger partial charge in [0.2, 0.25) is 0 Å². The summed E-state index contributed by atoms with van der Waals surface area (Å²) in [5, 5.41) is 4.37. The predicted molar refractivity (Wildman–Crippen MR) is 112 cm³/mol. The second kappa shape index (κ2) is 7.18. The lowest BCUT2D eigenvalue weighted by Crippen LogP contribution is -2.19. The lowest BCUT2D eigenvalue weighted by Gasteiger charge is -2.15. The van der Waals surface area contributed by atoms with E-state index in [-0.39, 0.29) is 10.9 Å². The number of aryl methyl sites for hydroxylation is 1. The Labute approximate surface area is 172 Å². The van der Waals surface area contributed by atoms with Crippen LogP contribution in [-0.2, 0) is 16.4 Å². The van der Waals surface area contributed by atoms with Crippen molar-refractivity contribution in [3.05, 3.63) is 76.8 Å². The SMILES string of the molecule is Cc1ccc(S(=O)(=O)n2c(C[C@H](C)n3ccc(Br)n3)nc3ccccc32)cc1. The predicted octanol–water partition coefficient (Wildman–Crippen LogP) is 4.34. The molecule has 0 radical (unpaired) electrons. The van der Waals surface area contributed by atoms with Crippen molar-refractivity contribution in [2.75, 3.05) is 0 Å². The standard InChI is InChI=1S/C20H19BrN4O2S/c1-14-7-9-16(10-8-14)28(26,27)25-18-6-4-3-5-17(18)22-20(25)13-15(2)24-12-11-19(21)23-24/h3-12,15H,13H2,1-2H3/t15-/m0/s1. The van der Waals surface area contributed by atoms with Crippen LogP contribution in [0.2, 0.25) is 0 Å². The molecule has 0 bridgehead atoms. The van der Waals surface area contributed by atoms with Crippen LogP contribution in [0.15, 0.2) is 70.3 Å². The van der Waals surface area contributed by atoms with Gasteiger partial charge >= 0.3 is 0 Å². The van der Waals surface area contributed by atoms with Crippen LogP contribution in [0.4, 0.5) is 0 Å². The maximum atomic E-state index is 13.5. The molecule has 28 heavy (non-hydrogen) atoms.